The van der Waals surface area contributed by atoms with Crippen LogP contribution in [0.25, 0.3) is 16.6 Å². The number of hydrogen-bond acceptors (Lipinski definition) is 8. The number of esters is 1. The molecule has 12 nitrogen and oxygen atoms in total. The van der Waals surface area contributed by atoms with Crippen molar-refractivity contribution in [1.82, 2.24) is 29.7 Å². The highest BCUT2D eigenvalue weighted by Gasteiger charge is 2.29. The number of nitrogens with zero attached hydrogens (tertiary/aromatic N) is 5. The molecule has 5 rings (SSSR count). The Kier molecular flexibility index (Phi) is 8.66. The normalized spacial score (nSPS) is 13.8. The molecule has 0 spiro atoms. The van der Waals surface area contributed by atoms with E-state index >= 15 is 0 Å². The summed E-state index contributed by atoms with van der Waals surface area (Å²) in [5, 5.41) is 15.2. The third-order valence-electron chi connectivity index (χ3n) is 6.74. The van der Waals surface area contributed by atoms with Crippen LogP contribution in [0.1, 0.15) is 70.7 Å². The van der Waals surface area contributed by atoms with Gasteiger partial charge >= 0.3 is 5.97 Å². The van der Waals surface area contributed by atoms with Gasteiger partial charge in [0.2, 0.25) is 0 Å². The molecule has 0 aliphatic heterocycles. The van der Waals surface area contributed by atoms with Crippen molar-refractivity contribution in [3.63, 3.8) is 0 Å². The maximum absolute atomic E-state index is 13.0. The van der Waals surface area contributed by atoms with Gasteiger partial charge in [0, 0.05) is 45.4 Å². The van der Waals surface area contributed by atoms with Crippen LogP contribution < -0.4 is 15.4 Å². The highest BCUT2D eigenvalue weighted by Crippen LogP contribution is 2.31. The second-order valence-electron chi connectivity index (χ2n) is 10.1. The molecule has 0 radical (unpaired) electrons. The van der Waals surface area contributed by atoms with Gasteiger partial charge in [-0.1, -0.05) is 19.3 Å². The minimum absolute atomic E-state index is 0. The number of carbonyl (C=O) groups excluding carboxylic acids is 3. The molecule has 214 valence electrons. The fourth-order valence-electron chi connectivity index (χ4n) is 4.76. The maximum Gasteiger partial charge on any atom is 0.303 e. The fraction of sp³-hybridized carbons (Fsp3) is 0.429. The summed E-state index contributed by atoms with van der Waals surface area (Å²) in [4.78, 5) is 38.7. The number of hydrogen-bond donors (Lipinski definition) is 2. The van der Waals surface area contributed by atoms with Crippen molar-refractivity contribution < 1.29 is 25.3 Å². The summed E-state index contributed by atoms with van der Waals surface area (Å²) in [6, 6.07) is 5.89. The van der Waals surface area contributed by atoms with Gasteiger partial charge in [0.15, 0.2) is 11.2 Å². The number of methoxy groups -OCH3 is 1. The first-order valence-corrected chi connectivity index (χ1v) is 13.2. The van der Waals surface area contributed by atoms with Crippen molar-refractivity contribution in [2.45, 2.75) is 64.5 Å². The zero-order chi connectivity index (χ0) is 28.9. The Labute approximate surface area is 233 Å². The zero-order valence-corrected chi connectivity index (χ0v) is 23.4. The molecule has 0 atom stereocenters. The van der Waals surface area contributed by atoms with E-state index in [1.54, 1.807) is 36.3 Å². The van der Waals surface area contributed by atoms with Crippen molar-refractivity contribution in [3.8, 4) is 5.75 Å². The molecule has 1 aliphatic rings. The first kappa shape index (κ1) is 28.5. The summed E-state index contributed by atoms with van der Waals surface area (Å²) < 4.78 is 13.9. The third kappa shape index (κ3) is 6.38. The first-order chi connectivity index (χ1) is 19.1. The van der Waals surface area contributed by atoms with Crippen molar-refractivity contribution >= 4 is 40.0 Å². The van der Waals surface area contributed by atoms with Crippen LogP contribution in [0.2, 0.25) is 0 Å². The lowest BCUT2D eigenvalue weighted by Gasteiger charge is -2.21. The van der Waals surface area contributed by atoms with Crippen LogP contribution in [0.5, 0.6) is 5.75 Å². The van der Waals surface area contributed by atoms with Crippen LogP contribution in [0.4, 0.5) is 5.69 Å². The van der Waals surface area contributed by atoms with E-state index in [4.69, 9.17) is 14.6 Å². The van der Waals surface area contributed by atoms with Gasteiger partial charge in [0.25, 0.3) is 11.8 Å². The number of nitrogens with one attached hydrogen (secondary N) is 2. The van der Waals surface area contributed by atoms with E-state index in [-0.39, 0.29) is 13.2 Å². The van der Waals surface area contributed by atoms with E-state index in [2.05, 4.69) is 25.4 Å². The van der Waals surface area contributed by atoms with Gasteiger partial charge in [-0.15, -0.1) is 0 Å². The van der Waals surface area contributed by atoms with E-state index in [1.165, 1.54) is 47.1 Å². The first-order valence-electron chi connectivity index (χ1n) is 13.2. The third-order valence-corrected chi connectivity index (χ3v) is 6.74. The highest BCUT2D eigenvalue weighted by molar-refractivity contribution is 6.09. The number of amides is 2. The second-order valence-corrected chi connectivity index (χ2v) is 10.1. The average Bonchev–Trinajstić information content (AvgIpc) is 3.55. The van der Waals surface area contributed by atoms with Gasteiger partial charge in [-0.05, 0) is 38.8 Å². The molecule has 1 aromatic carbocycles. The molecule has 0 unspecified atom stereocenters. The molecule has 2 N–H and O–H groups in total. The summed E-state index contributed by atoms with van der Waals surface area (Å²) in [6.45, 7) is 4.34. The summed E-state index contributed by atoms with van der Waals surface area (Å²) in [6.07, 6.45) is 13.2. The molecule has 1 fully saturated rings. The molecular weight excluding hydrogens is 514 g/mol. The lowest BCUT2D eigenvalue weighted by atomic mass is 9.96. The molecule has 3 heterocycles. The predicted octanol–water partition coefficient (Wildman–Crippen LogP) is 4.17. The van der Waals surface area contributed by atoms with E-state index in [1.807, 2.05) is 18.3 Å². The minimum Gasteiger partial charge on any atom is -0.496 e. The van der Waals surface area contributed by atoms with Gasteiger partial charge in [-0.2, -0.15) is 10.2 Å². The summed E-state index contributed by atoms with van der Waals surface area (Å²) in [5.41, 5.74) is 1.36. The molecule has 3 aromatic heterocycles. The Morgan fingerprint density at radius 2 is 1.90 bits per heavy atom. The number of benzene rings is 1. The Bertz CT molecular complexity index is 1520. The van der Waals surface area contributed by atoms with Gasteiger partial charge < -0.3 is 20.1 Å². The van der Waals surface area contributed by atoms with Gasteiger partial charge in [0.05, 0.1) is 30.4 Å². The van der Waals surface area contributed by atoms with Crippen LogP contribution in [0.15, 0.2) is 43.0 Å². The summed E-state index contributed by atoms with van der Waals surface area (Å²) >= 11 is 0. The lowest BCUT2D eigenvalue weighted by Crippen LogP contribution is -2.43. The molecule has 1 saturated carbocycles. The monoisotopic (exact) mass is 551 g/mol. The smallest absolute Gasteiger partial charge is 0.303 e. The summed E-state index contributed by atoms with van der Waals surface area (Å²) in [5.74, 6) is -0.547. The number of aromatic nitrogens is 5. The molecule has 1 aliphatic carbocycles. The topological polar surface area (TPSA) is 142 Å². The zero-order valence-electron chi connectivity index (χ0n) is 23.4. The van der Waals surface area contributed by atoms with E-state index in [0.29, 0.717) is 28.7 Å². The Hall–Kier alpha value is -4.48. The second kappa shape index (κ2) is 12.1. The molecule has 4 aromatic rings. The molecule has 0 saturated heterocycles. The number of rotatable bonds is 6. The van der Waals surface area contributed by atoms with Gasteiger partial charge in [-0.25, -0.2) is 9.50 Å². The van der Waals surface area contributed by atoms with Crippen LogP contribution in [-0.4, -0.2) is 61.9 Å². The molecule has 2 amide bonds. The average molecular weight is 552 g/mol. The summed E-state index contributed by atoms with van der Waals surface area (Å²) in [7, 11) is 3.06. The van der Waals surface area contributed by atoms with Gasteiger partial charge in [-0.3, -0.25) is 19.1 Å². The number of carbonyl (C=O) groups is 3. The molecule has 12 heteroatoms. The molecule has 40 heavy (non-hydrogen) atoms. The predicted molar refractivity (Wildman–Crippen MR) is 151 cm³/mol. The van der Waals surface area contributed by atoms with Crippen molar-refractivity contribution in [1.29, 1.82) is 0 Å². The SMILES string of the molecule is CNC(=O)C(C)(C)OC(C)=O.COc1cc2nn(C3CCCCC3)cc2cc1C(=O)Nc1cnn2cccnc12.[HH]. The van der Waals surface area contributed by atoms with Crippen LogP contribution in [0, 0.1) is 0 Å². The number of anilines is 1. The number of fused-ring (bicyclic) bond motifs is 2. The fourth-order valence-corrected chi connectivity index (χ4v) is 4.76. The van der Waals surface area contributed by atoms with Crippen molar-refractivity contribution in [2.75, 3.05) is 19.5 Å². The number of ether oxygens (including phenoxy) is 2. The van der Waals surface area contributed by atoms with E-state index in [9.17, 15) is 14.4 Å². The quantitative estimate of drug-likeness (QED) is 0.340. The molecule has 0 bridgehead atoms. The standard InChI is InChI=1S/C21H22N6O2.C7H13NO3.H2/c1-29-19-11-17-14(13-27(25-17)15-6-3-2-4-7-15)10-16(19)21(28)24-18-12-23-26-9-5-8-22-20(18)26;1-5(9)11-7(2,3)6(10)8-4;/h5,8-13,15H,2-4,6-7H2,1H3,(H,24,28);1-4H3,(H,8,10);1H. The van der Waals surface area contributed by atoms with Crippen LogP contribution in [-0.2, 0) is 14.3 Å². The molecular formula is C28H37N7O5. The number of likely N-dealkylation sites (N-methyl/N-ethyl adjacent to an activating group) is 1. The lowest BCUT2D eigenvalue weighted by molar-refractivity contribution is -0.162. The van der Waals surface area contributed by atoms with Crippen molar-refractivity contribution in [3.05, 3.63) is 48.5 Å². The van der Waals surface area contributed by atoms with Crippen molar-refractivity contribution in [2.24, 2.45) is 0 Å². The Morgan fingerprint density at radius 1 is 1.15 bits per heavy atom. The van der Waals surface area contributed by atoms with Crippen LogP contribution >= 0.6 is 0 Å². The van der Waals surface area contributed by atoms with Crippen LogP contribution in [0.3, 0.4) is 0 Å². The van der Waals surface area contributed by atoms with E-state index in [0.717, 1.165) is 23.7 Å². The minimum atomic E-state index is -1.07. The largest absolute Gasteiger partial charge is 0.496 e. The van der Waals surface area contributed by atoms with E-state index < -0.39 is 11.6 Å². The maximum atomic E-state index is 13.0. The Balaban J connectivity index is 0.000000331. The highest BCUT2D eigenvalue weighted by atomic mass is 16.6. The Morgan fingerprint density at radius 3 is 2.58 bits per heavy atom. The van der Waals surface area contributed by atoms with Gasteiger partial charge in [0.1, 0.15) is 11.4 Å².